The largest absolute Gasteiger partial charge is 0.433 e. The van der Waals surface area contributed by atoms with Crippen molar-refractivity contribution < 1.29 is 22.3 Å². The molecule has 0 saturated carbocycles. The number of rotatable bonds is 5. The molecule has 0 radical (unpaired) electrons. The Morgan fingerprint density at radius 2 is 1.74 bits per heavy atom. The van der Waals surface area contributed by atoms with Gasteiger partial charge in [0.25, 0.3) is 0 Å². The summed E-state index contributed by atoms with van der Waals surface area (Å²) in [6, 6.07) is 7.32. The molecule has 2 aliphatic rings. The number of halogens is 4. The average Bonchev–Trinajstić information content (AvgIpc) is 2.83. The summed E-state index contributed by atoms with van der Waals surface area (Å²) in [6.07, 6.45) is -0.339. The fourth-order valence-electron chi connectivity index (χ4n) is 4.45. The zero-order valence-electron chi connectivity index (χ0n) is 18.6. The first kappa shape index (κ1) is 24.6. The monoisotopic (exact) mass is 497 g/mol. The van der Waals surface area contributed by atoms with Crippen molar-refractivity contribution in [2.45, 2.75) is 43.7 Å². The van der Waals surface area contributed by atoms with Gasteiger partial charge in [-0.25, -0.2) is 9.37 Å². The first-order valence-electron chi connectivity index (χ1n) is 11.4. The summed E-state index contributed by atoms with van der Waals surface area (Å²) in [6.45, 7) is 2.81. The molecule has 2 aromatic rings. The lowest BCUT2D eigenvalue weighted by Gasteiger charge is -2.38. The third-order valence-corrected chi connectivity index (χ3v) is 6.65. The van der Waals surface area contributed by atoms with E-state index in [2.05, 4.69) is 20.6 Å². The Hall–Kier alpha value is -2.53. The number of ether oxygens (including phenoxy) is 1. The van der Waals surface area contributed by atoms with Crippen LogP contribution in [-0.4, -0.2) is 47.9 Å². The Balaban J connectivity index is 1.49. The smallest absolute Gasteiger partial charge is 0.381 e. The maximum absolute atomic E-state index is 13.5. The number of alkyl halides is 3. The molecular weight excluding hydrogens is 470 g/mol. The normalized spacial score (nSPS) is 18.4. The van der Waals surface area contributed by atoms with Gasteiger partial charge < -0.3 is 20.3 Å². The molecule has 34 heavy (non-hydrogen) atoms. The van der Waals surface area contributed by atoms with Crippen LogP contribution in [0, 0.1) is 5.82 Å². The van der Waals surface area contributed by atoms with E-state index < -0.39 is 11.9 Å². The van der Waals surface area contributed by atoms with Crippen LogP contribution in [0.3, 0.4) is 0 Å². The fourth-order valence-corrected chi connectivity index (χ4v) is 4.61. The molecule has 2 saturated heterocycles. The van der Waals surface area contributed by atoms with Crippen molar-refractivity contribution in [1.82, 2.24) is 15.3 Å². The Morgan fingerprint density at radius 3 is 2.38 bits per heavy atom. The minimum atomic E-state index is -4.60. The SMILES string of the molecule is Fc1ccc(C2(CNC(=S)Nc3nc(N4CCCCC4)cc(C(F)(F)F)n3)CCOCC2)cc1. The third kappa shape index (κ3) is 5.93. The van der Waals surface area contributed by atoms with Crippen LogP contribution >= 0.6 is 12.2 Å². The first-order valence-corrected chi connectivity index (χ1v) is 11.8. The molecule has 0 bridgehead atoms. The first-order chi connectivity index (χ1) is 16.2. The molecule has 2 fully saturated rings. The number of hydrogen-bond acceptors (Lipinski definition) is 5. The molecule has 6 nitrogen and oxygen atoms in total. The molecular formula is C23H27F4N5OS. The number of benzene rings is 1. The minimum Gasteiger partial charge on any atom is -0.381 e. The van der Waals surface area contributed by atoms with Crippen LogP contribution in [0.15, 0.2) is 30.3 Å². The van der Waals surface area contributed by atoms with Crippen molar-refractivity contribution in [2.24, 2.45) is 0 Å². The summed E-state index contributed by atoms with van der Waals surface area (Å²) in [5.41, 5.74) is -0.401. The fraction of sp³-hybridized carbons (Fsp3) is 0.522. The van der Waals surface area contributed by atoms with E-state index in [1.165, 1.54) is 12.1 Å². The zero-order chi connectivity index (χ0) is 24.2. The lowest BCUT2D eigenvalue weighted by atomic mass is 9.74. The minimum absolute atomic E-state index is 0.122. The van der Waals surface area contributed by atoms with Gasteiger partial charge >= 0.3 is 6.18 Å². The highest BCUT2D eigenvalue weighted by atomic mass is 32.1. The molecule has 0 spiro atoms. The maximum atomic E-state index is 13.5. The van der Waals surface area contributed by atoms with Crippen molar-refractivity contribution in [2.75, 3.05) is 43.1 Å². The number of hydrogen-bond donors (Lipinski definition) is 2. The topological polar surface area (TPSA) is 62.3 Å². The van der Waals surface area contributed by atoms with Crippen LogP contribution in [0.2, 0.25) is 0 Å². The van der Waals surface area contributed by atoms with Gasteiger partial charge in [0.1, 0.15) is 11.6 Å². The van der Waals surface area contributed by atoms with Gasteiger partial charge in [0, 0.05) is 44.3 Å². The van der Waals surface area contributed by atoms with Gasteiger partial charge in [0.15, 0.2) is 10.8 Å². The van der Waals surface area contributed by atoms with Gasteiger partial charge in [0.2, 0.25) is 5.95 Å². The summed E-state index contributed by atoms with van der Waals surface area (Å²) in [5, 5.41) is 5.96. The number of nitrogens with one attached hydrogen (secondary N) is 2. The van der Waals surface area contributed by atoms with E-state index in [0.29, 0.717) is 45.7 Å². The summed E-state index contributed by atoms with van der Waals surface area (Å²) in [7, 11) is 0. The molecule has 1 aromatic heterocycles. The van der Waals surface area contributed by atoms with Crippen molar-refractivity contribution in [3.8, 4) is 0 Å². The van der Waals surface area contributed by atoms with Crippen molar-refractivity contribution in [3.63, 3.8) is 0 Å². The van der Waals surface area contributed by atoms with Crippen molar-refractivity contribution >= 4 is 29.1 Å². The molecule has 0 amide bonds. The van der Waals surface area contributed by atoms with Crippen molar-refractivity contribution in [3.05, 3.63) is 47.4 Å². The van der Waals surface area contributed by atoms with E-state index in [-0.39, 0.29) is 28.1 Å². The number of anilines is 2. The maximum Gasteiger partial charge on any atom is 0.433 e. The third-order valence-electron chi connectivity index (χ3n) is 6.40. The molecule has 11 heteroatoms. The van der Waals surface area contributed by atoms with Gasteiger partial charge in [-0.3, -0.25) is 0 Å². The lowest BCUT2D eigenvalue weighted by Crippen LogP contribution is -2.45. The molecule has 0 atom stereocenters. The number of nitrogens with zero attached hydrogens (tertiary/aromatic N) is 3. The Labute approximate surface area is 201 Å². The Kier molecular flexibility index (Phi) is 7.51. The highest BCUT2D eigenvalue weighted by Gasteiger charge is 2.36. The van der Waals surface area contributed by atoms with E-state index in [9.17, 15) is 17.6 Å². The van der Waals surface area contributed by atoms with Gasteiger partial charge in [-0.1, -0.05) is 12.1 Å². The summed E-state index contributed by atoms with van der Waals surface area (Å²) in [4.78, 5) is 9.80. The lowest BCUT2D eigenvalue weighted by molar-refractivity contribution is -0.141. The van der Waals surface area contributed by atoms with Gasteiger partial charge in [0.05, 0.1) is 0 Å². The zero-order valence-corrected chi connectivity index (χ0v) is 19.4. The van der Waals surface area contributed by atoms with Crippen LogP contribution in [0.4, 0.5) is 29.3 Å². The van der Waals surface area contributed by atoms with Crippen LogP contribution in [-0.2, 0) is 16.3 Å². The summed E-state index contributed by atoms with van der Waals surface area (Å²) in [5.74, 6) is -0.280. The molecule has 1 aromatic carbocycles. The summed E-state index contributed by atoms with van der Waals surface area (Å²) >= 11 is 5.37. The van der Waals surface area contributed by atoms with E-state index in [4.69, 9.17) is 17.0 Å². The second-order valence-electron chi connectivity index (χ2n) is 8.69. The average molecular weight is 498 g/mol. The van der Waals surface area contributed by atoms with E-state index in [0.717, 1.165) is 30.9 Å². The number of aromatic nitrogens is 2. The Morgan fingerprint density at radius 1 is 1.06 bits per heavy atom. The molecule has 0 aliphatic carbocycles. The second kappa shape index (κ2) is 10.4. The Bertz CT molecular complexity index is 990. The number of thiocarbonyl (C=S) groups is 1. The highest BCUT2D eigenvalue weighted by molar-refractivity contribution is 7.80. The molecule has 184 valence electrons. The molecule has 3 heterocycles. The van der Waals surface area contributed by atoms with Gasteiger partial charge in [-0.15, -0.1) is 0 Å². The predicted molar refractivity (Wildman–Crippen MR) is 125 cm³/mol. The second-order valence-corrected chi connectivity index (χ2v) is 9.10. The highest BCUT2D eigenvalue weighted by Crippen LogP contribution is 2.35. The summed E-state index contributed by atoms with van der Waals surface area (Å²) < 4.78 is 59.4. The van der Waals surface area contributed by atoms with Crippen LogP contribution < -0.4 is 15.5 Å². The number of piperidine rings is 1. The molecule has 2 N–H and O–H groups in total. The molecule has 4 rings (SSSR count). The molecule has 0 unspecified atom stereocenters. The molecule has 2 aliphatic heterocycles. The van der Waals surface area contributed by atoms with Crippen LogP contribution in [0.25, 0.3) is 0 Å². The van der Waals surface area contributed by atoms with E-state index in [1.54, 1.807) is 12.1 Å². The quantitative estimate of drug-likeness (QED) is 0.460. The predicted octanol–water partition coefficient (Wildman–Crippen LogP) is 4.66. The van der Waals surface area contributed by atoms with E-state index in [1.807, 2.05) is 4.90 Å². The van der Waals surface area contributed by atoms with Gasteiger partial charge in [-0.2, -0.15) is 18.2 Å². The standard InChI is InChI=1S/C23H27F4N5OS/c24-17-6-4-16(5-7-17)22(8-12-33-13-9-22)15-28-21(34)31-20-29-18(23(25,26)27)14-19(30-20)32-10-2-1-3-11-32/h4-7,14H,1-3,8-13,15H2,(H2,28,29,30,31,34). The van der Waals surface area contributed by atoms with Gasteiger partial charge in [-0.05, 0) is 62.0 Å². The van der Waals surface area contributed by atoms with Crippen LogP contribution in [0.1, 0.15) is 43.4 Å². The van der Waals surface area contributed by atoms with Crippen molar-refractivity contribution in [1.29, 1.82) is 0 Å². The van der Waals surface area contributed by atoms with E-state index >= 15 is 0 Å². The van der Waals surface area contributed by atoms with Crippen LogP contribution in [0.5, 0.6) is 0 Å².